The predicted molar refractivity (Wildman–Crippen MR) is 38.4 cm³/mol. The molecule has 1 radical (unpaired) electrons. The number of halogens is 1. The van der Waals surface area contributed by atoms with Gasteiger partial charge in [-0.1, -0.05) is 6.42 Å². The molecular formula is C8H10FN2. The van der Waals surface area contributed by atoms with Crippen molar-refractivity contribution < 1.29 is 4.39 Å². The second kappa shape index (κ2) is 2.64. The van der Waals surface area contributed by atoms with Crippen LogP contribution < -0.4 is 0 Å². The second-order valence-corrected chi connectivity index (χ2v) is 3.11. The zero-order valence-corrected chi connectivity index (χ0v) is 6.26. The Balaban J connectivity index is 1.95. The molecule has 1 aromatic rings. The van der Waals surface area contributed by atoms with Gasteiger partial charge in [0.25, 0.3) is 0 Å². The Kier molecular flexibility index (Phi) is 1.64. The molecule has 0 atom stereocenters. The van der Waals surface area contributed by atoms with Gasteiger partial charge in [-0.15, -0.1) is 0 Å². The van der Waals surface area contributed by atoms with Crippen LogP contribution in [0.25, 0.3) is 0 Å². The van der Waals surface area contributed by atoms with Gasteiger partial charge >= 0.3 is 0 Å². The third-order valence-electron chi connectivity index (χ3n) is 2.22. The minimum absolute atomic E-state index is 0.357. The molecule has 1 aliphatic carbocycles. The van der Waals surface area contributed by atoms with Crippen molar-refractivity contribution in [3.8, 4) is 0 Å². The predicted octanol–water partition coefficient (Wildman–Crippen LogP) is 1.62. The van der Waals surface area contributed by atoms with Gasteiger partial charge in [0.1, 0.15) is 0 Å². The summed E-state index contributed by atoms with van der Waals surface area (Å²) in [6.07, 6.45) is 7.52. The zero-order chi connectivity index (χ0) is 7.68. The normalized spacial score (nSPS) is 18.3. The maximum absolute atomic E-state index is 12.4. The van der Waals surface area contributed by atoms with Crippen LogP contribution in [0.4, 0.5) is 4.39 Å². The molecule has 1 heterocycles. The van der Waals surface area contributed by atoms with Crippen molar-refractivity contribution in [2.24, 2.45) is 5.92 Å². The lowest BCUT2D eigenvalue weighted by Crippen LogP contribution is -2.18. The molecule has 0 amide bonds. The van der Waals surface area contributed by atoms with Crippen LogP contribution in [0.5, 0.6) is 0 Å². The smallest absolute Gasteiger partial charge is 0.170 e. The van der Waals surface area contributed by atoms with Crippen LogP contribution in [0.15, 0.2) is 6.20 Å². The molecule has 1 aliphatic rings. The van der Waals surface area contributed by atoms with Gasteiger partial charge in [0, 0.05) is 6.54 Å². The highest BCUT2D eigenvalue weighted by Gasteiger charge is 2.17. The third-order valence-corrected chi connectivity index (χ3v) is 2.22. The molecule has 11 heavy (non-hydrogen) atoms. The van der Waals surface area contributed by atoms with Gasteiger partial charge in [-0.3, -0.25) is 4.68 Å². The maximum Gasteiger partial charge on any atom is 0.170 e. The number of nitrogens with zero attached hydrogens (tertiary/aromatic N) is 2. The highest BCUT2D eigenvalue weighted by molar-refractivity contribution is 4.83. The van der Waals surface area contributed by atoms with Crippen LogP contribution in [0, 0.1) is 17.9 Å². The van der Waals surface area contributed by atoms with Gasteiger partial charge in [-0.05, 0) is 18.8 Å². The molecule has 0 N–H and O–H groups in total. The molecule has 0 unspecified atom stereocenters. The second-order valence-electron chi connectivity index (χ2n) is 3.11. The summed E-state index contributed by atoms with van der Waals surface area (Å²) in [7, 11) is 0. The number of rotatable bonds is 2. The van der Waals surface area contributed by atoms with Crippen molar-refractivity contribution in [1.29, 1.82) is 0 Å². The van der Waals surface area contributed by atoms with E-state index >= 15 is 0 Å². The quantitative estimate of drug-likeness (QED) is 0.631. The molecule has 0 bridgehead atoms. The van der Waals surface area contributed by atoms with Crippen molar-refractivity contribution in [3.05, 3.63) is 18.2 Å². The molecular weight excluding hydrogens is 143 g/mol. The van der Waals surface area contributed by atoms with Gasteiger partial charge in [-0.25, -0.2) is 4.39 Å². The molecule has 0 spiro atoms. The summed E-state index contributed by atoms with van der Waals surface area (Å²) in [6.45, 7) is 0.862. The largest absolute Gasteiger partial charge is 0.269 e. The van der Waals surface area contributed by atoms with E-state index in [-0.39, 0.29) is 5.82 Å². The Morgan fingerprint density at radius 2 is 2.55 bits per heavy atom. The fourth-order valence-corrected chi connectivity index (χ4v) is 1.33. The van der Waals surface area contributed by atoms with Gasteiger partial charge in [0.05, 0.1) is 6.20 Å². The average molecular weight is 153 g/mol. The van der Waals surface area contributed by atoms with E-state index < -0.39 is 0 Å². The summed E-state index contributed by atoms with van der Waals surface area (Å²) < 4.78 is 14.0. The summed E-state index contributed by atoms with van der Waals surface area (Å²) in [5.74, 6) is 0.368. The Morgan fingerprint density at radius 1 is 1.73 bits per heavy atom. The first-order valence-corrected chi connectivity index (χ1v) is 3.95. The highest BCUT2D eigenvalue weighted by Crippen LogP contribution is 2.27. The van der Waals surface area contributed by atoms with E-state index in [0.717, 1.165) is 12.5 Å². The maximum atomic E-state index is 12.4. The van der Waals surface area contributed by atoms with Crippen molar-refractivity contribution in [1.82, 2.24) is 9.78 Å². The van der Waals surface area contributed by atoms with Crippen molar-refractivity contribution in [2.45, 2.75) is 25.8 Å². The fraction of sp³-hybridized carbons (Fsp3) is 0.625. The van der Waals surface area contributed by atoms with Crippen molar-refractivity contribution >= 4 is 0 Å². The van der Waals surface area contributed by atoms with E-state index in [1.165, 1.54) is 25.5 Å². The Labute approximate surface area is 65.0 Å². The molecule has 2 rings (SSSR count). The summed E-state index contributed by atoms with van der Waals surface area (Å²) in [5, 5.41) is 3.75. The van der Waals surface area contributed by atoms with Gasteiger partial charge < -0.3 is 0 Å². The SMILES string of the molecule is Fc1[c]nn(CC2CCC2)c1. The first kappa shape index (κ1) is 6.83. The van der Waals surface area contributed by atoms with E-state index in [9.17, 15) is 4.39 Å². The molecule has 0 saturated heterocycles. The summed E-state index contributed by atoms with van der Waals surface area (Å²) >= 11 is 0. The lowest BCUT2D eigenvalue weighted by molar-refractivity contribution is 0.266. The average Bonchev–Trinajstić information content (AvgIpc) is 2.27. The standard InChI is InChI=1S/C8H10FN2/c9-8-4-10-11(6-8)5-7-2-1-3-7/h6-7H,1-3,5H2. The highest BCUT2D eigenvalue weighted by atomic mass is 19.1. The Hall–Kier alpha value is -0.860. The minimum atomic E-state index is -0.357. The number of aromatic nitrogens is 2. The lowest BCUT2D eigenvalue weighted by Gasteiger charge is -2.24. The van der Waals surface area contributed by atoms with Gasteiger partial charge in [0.15, 0.2) is 12.0 Å². The first-order valence-electron chi connectivity index (χ1n) is 3.95. The Bertz CT molecular complexity index is 240. The van der Waals surface area contributed by atoms with Crippen LogP contribution in [0.3, 0.4) is 0 Å². The van der Waals surface area contributed by atoms with Crippen LogP contribution in [0.2, 0.25) is 0 Å². The van der Waals surface area contributed by atoms with E-state index in [0.29, 0.717) is 0 Å². The summed E-state index contributed by atoms with van der Waals surface area (Å²) in [4.78, 5) is 0. The molecule has 59 valence electrons. The van der Waals surface area contributed by atoms with Gasteiger partial charge in [-0.2, -0.15) is 5.10 Å². The molecule has 0 aliphatic heterocycles. The topological polar surface area (TPSA) is 17.8 Å². The van der Waals surface area contributed by atoms with Crippen molar-refractivity contribution in [2.75, 3.05) is 0 Å². The van der Waals surface area contributed by atoms with Crippen LogP contribution >= 0.6 is 0 Å². The van der Waals surface area contributed by atoms with Crippen LogP contribution in [-0.4, -0.2) is 9.78 Å². The zero-order valence-electron chi connectivity index (χ0n) is 6.26. The Morgan fingerprint density at radius 3 is 3.00 bits per heavy atom. The molecule has 2 nitrogen and oxygen atoms in total. The fourth-order valence-electron chi connectivity index (χ4n) is 1.33. The van der Waals surface area contributed by atoms with E-state index in [1.807, 2.05) is 0 Å². The van der Waals surface area contributed by atoms with E-state index in [2.05, 4.69) is 11.3 Å². The lowest BCUT2D eigenvalue weighted by atomic mass is 9.85. The van der Waals surface area contributed by atoms with Crippen LogP contribution in [-0.2, 0) is 6.54 Å². The van der Waals surface area contributed by atoms with Crippen molar-refractivity contribution in [3.63, 3.8) is 0 Å². The van der Waals surface area contributed by atoms with Gasteiger partial charge in [0.2, 0.25) is 0 Å². The van der Waals surface area contributed by atoms with E-state index in [1.54, 1.807) is 4.68 Å². The summed E-state index contributed by atoms with van der Waals surface area (Å²) in [5.41, 5.74) is 0. The number of hydrogen-bond donors (Lipinski definition) is 0. The molecule has 0 aromatic carbocycles. The molecule has 1 fully saturated rings. The summed E-state index contributed by atoms with van der Waals surface area (Å²) in [6, 6.07) is 0. The number of hydrogen-bond acceptors (Lipinski definition) is 1. The molecule has 1 saturated carbocycles. The molecule has 1 aromatic heterocycles. The van der Waals surface area contributed by atoms with Crippen LogP contribution in [0.1, 0.15) is 19.3 Å². The first-order chi connectivity index (χ1) is 5.34. The monoisotopic (exact) mass is 153 g/mol. The third kappa shape index (κ3) is 1.42. The minimum Gasteiger partial charge on any atom is -0.269 e. The molecule has 3 heteroatoms. The van der Waals surface area contributed by atoms with E-state index in [4.69, 9.17) is 0 Å².